The van der Waals surface area contributed by atoms with Crippen LogP contribution in [0.5, 0.6) is 0 Å². The minimum atomic E-state index is 0.305. The Hall–Kier alpha value is 1.41. The Kier molecular flexibility index (Phi) is 23.3. The van der Waals surface area contributed by atoms with E-state index in [0.717, 1.165) is 22.6 Å². The van der Waals surface area contributed by atoms with Crippen LogP contribution >= 0.6 is 36.2 Å². The van der Waals surface area contributed by atoms with E-state index in [4.69, 9.17) is 20.4 Å². The molecule has 0 atom stereocenters. The Morgan fingerprint density at radius 2 is 0.692 bits per heavy atom. The van der Waals surface area contributed by atoms with Gasteiger partial charge >= 0.3 is 33.0 Å². The fourth-order valence-electron chi connectivity index (χ4n) is 7.57. The molecular formula is C34H62Cl2NiP2. The van der Waals surface area contributed by atoms with Gasteiger partial charge in [0, 0.05) is 0 Å². The molecule has 0 aliphatic heterocycles. The van der Waals surface area contributed by atoms with Crippen molar-refractivity contribution in [1.29, 1.82) is 0 Å². The second-order valence-electron chi connectivity index (χ2n) is 12.4. The Morgan fingerprint density at radius 3 is 0.897 bits per heavy atom. The van der Waals surface area contributed by atoms with Gasteiger partial charge < -0.3 is 0 Å². The molecule has 4 rings (SSSR count). The van der Waals surface area contributed by atoms with E-state index in [1.807, 2.05) is 0 Å². The summed E-state index contributed by atoms with van der Waals surface area (Å²) in [4.78, 5) is 0. The molecule has 4 fully saturated rings. The summed E-state index contributed by atoms with van der Waals surface area (Å²) in [5.41, 5.74) is 4.49. The van der Waals surface area contributed by atoms with E-state index in [1.54, 1.807) is 51.4 Å². The monoisotopic (exact) mass is 660 g/mol. The molecule has 0 radical (unpaired) electrons. The van der Waals surface area contributed by atoms with Crippen molar-refractivity contribution in [1.82, 2.24) is 0 Å². The predicted octanol–water partition coefficient (Wildman–Crippen LogP) is 13.6. The summed E-state index contributed by atoms with van der Waals surface area (Å²) in [6.45, 7) is 4.53. The number of hydrogen-bond donors (Lipinski definition) is 0. The molecule has 0 saturated heterocycles. The van der Waals surface area contributed by atoms with Crippen molar-refractivity contribution in [3.05, 3.63) is 24.3 Å². The van der Waals surface area contributed by atoms with E-state index in [0.29, 0.717) is 28.5 Å². The molecule has 0 spiro atoms. The van der Waals surface area contributed by atoms with Gasteiger partial charge in [0.2, 0.25) is 0 Å². The first-order valence-corrected chi connectivity index (χ1v) is 22.9. The normalized spacial score (nSPS) is 22.8. The van der Waals surface area contributed by atoms with Crippen LogP contribution in [0.4, 0.5) is 0 Å². The van der Waals surface area contributed by atoms with Crippen LogP contribution in [0, 0.1) is 0 Å². The zero-order valence-electron chi connectivity index (χ0n) is 25.6. The van der Waals surface area contributed by atoms with Crippen molar-refractivity contribution in [3.63, 3.8) is 0 Å². The van der Waals surface area contributed by atoms with E-state index in [1.165, 1.54) is 102 Å². The van der Waals surface area contributed by atoms with Crippen molar-refractivity contribution in [2.75, 3.05) is 12.3 Å². The molecule has 39 heavy (non-hydrogen) atoms. The topological polar surface area (TPSA) is 0 Å². The summed E-state index contributed by atoms with van der Waals surface area (Å²) in [5.74, 6) is 0. The molecule has 0 aromatic heterocycles. The number of allylic oxidation sites excluding steroid dienone is 4. The van der Waals surface area contributed by atoms with Crippen molar-refractivity contribution >= 4 is 36.2 Å². The average molecular weight is 662 g/mol. The van der Waals surface area contributed by atoms with Crippen molar-refractivity contribution < 1.29 is 12.7 Å². The molecule has 0 heterocycles. The molecule has 0 unspecified atom stereocenters. The van der Waals surface area contributed by atoms with Crippen LogP contribution in [0.15, 0.2) is 24.3 Å². The second kappa shape index (κ2) is 24.8. The van der Waals surface area contributed by atoms with Crippen molar-refractivity contribution in [3.8, 4) is 0 Å². The minimum absolute atomic E-state index is 0.305. The number of halogens is 2. The SMILES string of the molecule is CCC=CCP(C1CCCCC1)C1CCCCC1.CCC=CCP(C1CCCCC1)C1CCCCC1.[Cl][Ni][Cl]. The summed E-state index contributed by atoms with van der Waals surface area (Å²) in [6.07, 6.45) is 45.9. The van der Waals surface area contributed by atoms with E-state index >= 15 is 0 Å². The zero-order valence-corrected chi connectivity index (χ0v) is 29.8. The van der Waals surface area contributed by atoms with Crippen LogP contribution in [0.3, 0.4) is 0 Å². The Morgan fingerprint density at radius 1 is 0.462 bits per heavy atom. The van der Waals surface area contributed by atoms with Gasteiger partial charge in [-0.15, -0.1) is 0 Å². The molecule has 232 valence electrons. The van der Waals surface area contributed by atoms with Crippen LogP contribution < -0.4 is 0 Å². The van der Waals surface area contributed by atoms with Gasteiger partial charge in [-0.05, 0) is 99.2 Å². The molecule has 4 aliphatic carbocycles. The molecule has 0 amide bonds. The Bertz CT molecular complexity index is 516. The third-order valence-electron chi connectivity index (χ3n) is 9.61. The average Bonchev–Trinajstić information content (AvgIpc) is 3.00. The van der Waals surface area contributed by atoms with Gasteiger partial charge in [0.25, 0.3) is 0 Å². The quantitative estimate of drug-likeness (QED) is 0.124. The zero-order chi connectivity index (χ0) is 28.0. The summed E-state index contributed by atoms with van der Waals surface area (Å²) < 4.78 is 0. The van der Waals surface area contributed by atoms with Crippen LogP contribution in [0.25, 0.3) is 0 Å². The second-order valence-corrected chi connectivity index (χ2v) is 19.7. The van der Waals surface area contributed by atoms with E-state index in [2.05, 4.69) is 38.2 Å². The van der Waals surface area contributed by atoms with Crippen LogP contribution in [-0.2, 0) is 12.7 Å². The predicted molar refractivity (Wildman–Crippen MR) is 182 cm³/mol. The first kappa shape index (κ1) is 36.6. The fourth-order valence-corrected chi connectivity index (χ4v) is 14.9. The molecule has 5 heteroatoms. The third kappa shape index (κ3) is 15.6. The van der Waals surface area contributed by atoms with Crippen molar-refractivity contribution in [2.24, 2.45) is 0 Å². The summed E-state index contributed by atoms with van der Waals surface area (Å²) in [6, 6.07) is 0. The molecule has 0 nitrogen and oxygen atoms in total. The van der Waals surface area contributed by atoms with E-state index < -0.39 is 0 Å². The first-order valence-electron chi connectivity index (χ1n) is 16.9. The van der Waals surface area contributed by atoms with Gasteiger partial charge in [0.1, 0.15) is 0 Å². The maximum absolute atomic E-state index is 4.70. The van der Waals surface area contributed by atoms with Gasteiger partial charge in [0.15, 0.2) is 0 Å². The van der Waals surface area contributed by atoms with Gasteiger partial charge in [-0.3, -0.25) is 0 Å². The Balaban J connectivity index is 0.000000249. The van der Waals surface area contributed by atoms with Gasteiger partial charge in [-0.2, -0.15) is 0 Å². The molecule has 0 bridgehead atoms. The molecule has 0 N–H and O–H groups in total. The third-order valence-corrected chi connectivity index (χ3v) is 16.7. The Labute approximate surface area is 261 Å². The van der Waals surface area contributed by atoms with E-state index in [9.17, 15) is 0 Å². The van der Waals surface area contributed by atoms with Gasteiger partial charge in [0.05, 0.1) is 0 Å². The number of hydrogen-bond acceptors (Lipinski definition) is 0. The van der Waals surface area contributed by atoms with E-state index in [-0.39, 0.29) is 0 Å². The summed E-state index contributed by atoms with van der Waals surface area (Å²) in [5, 5.41) is 0. The van der Waals surface area contributed by atoms with Crippen LogP contribution in [0.1, 0.15) is 155 Å². The molecule has 4 saturated carbocycles. The maximum atomic E-state index is 4.70. The molecular weight excluding hydrogens is 600 g/mol. The standard InChI is InChI=1S/2C17H31P.2ClH.Ni/c2*1-2-3-10-15-18(16-11-6-4-7-12-16)17-13-8-5-9-14-17;;;/h2*3,10,16-17H,2,4-9,11-15H2,1H3;2*1H;/q;;;;+2/p-2. The summed E-state index contributed by atoms with van der Waals surface area (Å²) in [7, 11) is 10.0. The fraction of sp³-hybridized carbons (Fsp3) is 0.882. The first-order chi connectivity index (χ1) is 19.2. The molecule has 0 aromatic carbocycles. The molecule has 4 aliphatic rings. The summed E-state index contributed by atoms with van der Waals surface area (Å²) >= 11 is 0.569. The van der Waals surface area contributed by atoms with Gasteiger partial charge in [-0.25, -0.2) is 0 Å². The van der Waals surface area contributed by atoms with Gasteiger partial charge in [-0.1, -0.05) is 131 Å². The van der Waals surface area contributed by atoms with Crippen molar-refractivity contribution in [2.45, 2.75) is 178 Å². The number of rotatable bonds is 10. The van der Waals surface area contributed by atoms with Crippen LogP contribution in [-0.4, -0.2) is 35.0 Å². The molecule has 0 aromatic rings. The van der Waals surface area contributed by atoms with Crippen LogP contribution in [0.2, 0.25) is 0 Å².